The number of carbonyl (C=O) groups is 1. The fourth-order valence-corrected chi connectivity index (χ4v) is 4.80. The number of benzene rings is 2. The zero-order valence-corrected chi connectivity index (χ0v) is 14.9. The molecule has 3 rings (SSSR count). The molecule has 1 amide bonds. The molecular formula is C19H21NO4S. The van der Waals surface area contributed by atoms with Gasteiger partial charge >= 0.3 is 0 Å². The van der Waals surface area contributed by atoms with Crippen molar-refractivity contribution in [3.8, 4) is 11.5 Å². The molecule has 0 aromatic heterocycles. The molecule has 25 heavy (non-hydrogen) atoms. The minimum atomic E-state index is -3.03. The van der Waals surface area contributed by atoms with Gasteiger partial charge in [0.05, 0.1) is 11.5 Å². The third-order valence-corrected chi connectivity index (χ3v) is 6.06. The summed E-state index contributed by atoms with van der Waals surface area (Å²) in [6, 6.07) is 16.1. The van der Waals surface area contributed by atoms with Crippen molar-refractivity contribution in [1.82, 2.24) is 4.90 Å². The summed E-state index contributed by atoms with van der Waals surface area (Å²) in [6.07, 6.45) is 0.502. The van der Waals surface area contributed by atoms with Crippen LogP contribution < -0.4 is 4.74 Å². The van der Waals surface area contributed by atoms with Crippen LogP contribution in [0, 0.1) is 0 Å². The van der Waals surface area contributed by atoms with Crippen LogP contribution in [0.2, 0.25) is 0 Å². The zero-order chi connectivity index (χ0) is 17.9. The first-order valence-corrected chi connectivity index (χ1v) is 10.1. The van der Waals surface area contributed by atoms with Gasteiger partial charge in [0.25, 0.3) is 5.91 Å². The fraction of sp³-hybridized carbons (Fsp3) is 0.316. The summed E-state index contributed by atoms with van der Waals surface area (Å²) in [5.41, 5.74) is 0.500. The molecule has 2 aromatic rings. The van der Waals surface area contributed by atoms with Crippen LogP contribution in [0.4, 0.5) is 0 Å². The molecule has 6 heteroatoms. The molecule has 5 nitrogen and oxygen atoms in total. The third-order valence-electron chi connectivity index (χ3n) is 4.31. The summed E-state index contributed by atoms with van der Waals surface area (Å²) in [5, 5.41) is 0. The number of hydrogen-bond donors (Lipinski definition) is 0. The maximum Gasteiger partial charge on any atom is 0.254 e. The van der Waals surface area contributed by atoms with Crippen molar-refractivity contribution in [3.63, 3.8) is 0 Å². The first kappa shape index (κ1) is 17.5. The van der Waals surface area contributed by atoms with Gasteiger partial charge in [0.2, 0.25) is 0 Å². The highest BCUT2D eigenvalue weighted by Gasteiger charge is 2.34. The molecule has 2 aromatic carbocycles. The van der Waals surface area contributed by atoms with E-state index in [1.807, 2.05) is 37.3 Å². The number of rotatable bonds is 5. The SMILES string of the molecule is CCN(C(=O)c1cccc(Oc2ccccc2)c1)[C@H]1CCS(=O)(=O)C1. The van der Waals surface area contributed by atoms with E-state index < -0.39 is 9.84 Å². The topological polar surface area (TPSA) is 63.7 Å². The summed E-state index contributed by atoms with van der Waals surface area (Å²) < 4.78 is 29.2. The molecule has 132 valence electrons. The molecule has 1 heterocycles. The number of sulfone groups is 1. The summed E-state index contributed by atoms with van der Waals surface area (Å²) in [4.78, 5) is 14.5. The third kappa shape index (κ3) is 4.20. The lowest BCUT2D eigenvalue weighted by Crippen LogP contribution is -2.40. The molecule has 1 saturated heterocycles. The van der Waals surface area contributed by atoms with Crippen LogP contribution in [-0.4, -0.2) is 43.3 Å². The van der Waals surface area contributed by atoms with Gasteiger partial charge < -0.3 is 9.64 Å². The second-order valence-electron chi connectivity index (χ2n) is 6.09. The number of ether oxygens (including phenoxy) is 1. The summed E-state index contributed by atoms with van der Waals surface area (Å²) in [7, 11) is -3.03. The van der Waals surface area contributed by atoms with Gasteiger partial charge in [0.1, 0.15) is 11.5 Å². The van der Waals surface area contributed by atoms with Crippen LogP contribution in [0.25, 0.3) is 0 Å². The Balaban J connectivity index is 1.78. The van der Waals surface area contributed by atoms with Crippen molar-refractivity contribution in [2.24, 2.45) is 0 Å². The van der Waals surface area contributed by atoms with E-state index in [4.69, 9.17) is 4.74 Å². The van der Waals surface area contributed by atoms with Crippen molar-refractivity contribution in [2.45, 2.75) is 19.4 Å². The van der Waals surface area contributed by atoms with E-state index in [9.17, 15) is 13.2 Å². The van der Waals surface area contributed by atoms with E-state index in [0.717, 1.165) is 0 Å². The van der Waals surface area contributed by atoms with E-state index in [1.165, 1.54) is 0 Å². The van der Waals surface area contributed by atoms with Crippen molar-refractivity contribution < 1.29 is 17.9 Å². The second kappa shape index (κ2) is 7.27. The molecule has 0 bridgehead atoms. The van der Waals surface area contributed by atoms with Gasteiger partial charge in [0, 0.05) is 18.2 Å². The number of para-hydroxylation sites is 1. The van der Waals surface area contributed by atoms with Crippen LogP contribution in [0.5, 0.6) is 11.5 Å². The number of hydrogen-bond acceptors (Lipinski definition) is 4. The Kier molecular flexibility index (Phi) is 5.08. The Morgan fingerprint density at radius 2 is 1.84 bits per heavy atom. The lowest BCUT2D eigenvalue weighted by atomic mass is 10.1. The van der Waals surface area contributed by atoms with Crippen molar-refractivity contribution in [2.75, 3.05) is 18.1 Å². The van der Waals surface area contributed by atoms with Crippen LogP contribution in [-0.2, 0) is 9.84 Å². The number of carbonyl (C=O) groups excluding carboxylic acids is 1. The molecule has 1 aliphatic rings. The molecule has 0 spiro atoms. The molecule has 1 fully saturated rings. The van der Waals surface area contributed by atoms with Gasteiger partial charge in [-0.1, -0.05) is 24.3 Å². The lowest BCUT2D eigenvalue weighted by molar-refractivity contribution is 0.0708. The highest BCUT2D eigenvalue weighted by atomic mass is 32.2. The Morgan fingerprint density at radius 1 is 1.12 bits per heavy atom. The predicted molar refractivity (Wildman–Crippen MR) is 96.7 cm³/mol. The van der Waals surface area contributed by atoms with Crippen molar-refractivity contribution in [1.29, 1.82) is 0 Å². The van der Waals surface area contributed by atoms with E-state index in [1.54, 1.807) is 29.2 Å². The fourth-order valence-electron chi connectivity index (χ4n) is 3.07. The first-order chi connectivity index (χ1) is 12.0. The van der Waals surface area contributed by atoms with Crippen LogP contribution in [0.15, 0.2) is 54.6 Å². The van der Waals surface area contributed by atoms with Gasteiger partial charge in [-0.2, -0.15) is 0 Å². The maximum atomic E-state index is 12.9. The minimum Gasteiger partial charge on any atom is -0.457 e. The number of amides is 1. The van der Waals surface area contributed by atoms with Crippen molar-refractivity contribution in [3.05, 3.63) is 60.2 Å². The van der Waals surface area contributed by atoms with E-state index >= 15 is 0 Å². The highest BCUT2D eigenvalue weighted by molar-refractivity contribution is 7.91. The van der Waals surface area contributed by atoms with E-state index in [2.05, 4.69) is 0 Å². The number of nitrogens with zero attached hydrogens (tertiary/aromatic N) is 1. The van der Waals surface area contributed by atoms with Crippen LogP contribution >= 0.6 is 0 Å². The summed E-state index contributed by atoms with van der Waals surface area (Å²) >= 11 is 0. The summed E-state index contributed by atoms with van der Waals surface area (Å²) in [6.45, 7) is 2.34. The smallest absolute Gasteiger partial charge is 0.254 e. The first-order valence-electron chi connectivity index (χ1n) is 8.33. The molecular weight excluding hydrogens is 338 g/mol. The zero-order valence-electron chi connectivity index (χ0n) is 14.1. The van der Waals surface area contributed by atoms with E-state index in [-0.39, 0.29) is 23.5 Å². The molecule has 0 N–H and O–H groups in total. The monoisotopic (exact) mass is 359 g/mol. The quantitative estimate of drug-likeness (QED) is 0.823. The molecule has 1 atom stereocenters. The minimum absolute atomic E-state index is 0.0484. The predicted octanol–water partition coefficient (Wildman–Crippen LogP) is 3.13. The Bertz CT molecular complexity index is 849. The van der Waals surface area contributed by atoms with Gasteiger partial charge in [-0.25, -0.2) is 8.42 Å². The average Bonchev–Trinajstić information content (AvgIpc) is 2.96. The van der Waals surface area contributed by atoms with Crippen LogP contribution in [0.1, 0.15) is 23.7 Å². The van der Waals surface area contributed by atoms with Gasteiger partial charge in [0.15, 0.2) is 9.84 Å². The lowest BCUT2D eigenvalue weighted by Gasteiger charge is -2.27. The molecule has 0 saturated carbocycles. The normalized spacial score (nSPS) is 18.7. The largest absolute Gasteiger partial charge is 0.457 e. The van der Waals surface area contributed by atoms with Gasteiger partial charge in [-0.05, 0) is 43.7 Å². The van der Waals surface area contributed by atoms with Gasteiger partial charge in [-0.3, -0.25) is 4.79 Å². The molecule has 1 aliphatic heterocycles. The molecule has 0 unspecified atom stereocenters. The molecule has 0 radical (unpaired) electrons. The van der Waals surface area contributed by atoms with E-state index in [0.29, 0.717) is 30.0 Å². The molecule has 0 aliphatic carbocycles. The van der Waals surface area contributed by atoms with Crippen LogP contribution in [0.3, 0.4) is 0 Å². The Morgan fingerprint density at radius 3 is 2.48 bits per heavy atom. The summed E-state index contributed by atoms with van der Waals surface area (Å²) in [5.74, 6) is 1.31. The highest BCUT2D eigenvalue weighted by Crippen LogP contribution is 2.24. The average molecular weight is 359 g/mol. The Labute approximate surface area is 148 Å². The Hall–Kier alpha value is -2.34. The van der Waals surface area contributed by atoms with Gasteiger partial charge in [-0.15, -0.1) is 0 Å². The second-order valence-corrected chi connectivity index (χ2v) is 8.32. The van der Waals surface area contributed by atoms with Crippen molar-refractivity contribution >= 4 is 15.7 Å². The maximum absolute atomic E-state index is 12.9. The standard InChI is InChI=1S/C19H21NO4S/c1-2-20(16-11-12-25(22,23)14-16)19(21)15-7-6-10-18(13-15)24-17-8-4-3-5-9-17/h3-10,13,16H,2,11-12,14H2,1H3/t16-/m0/s1.